The number of fused-ring (bicyclic) bond motifs is 2. The highest BCUT2D eigenvalue weighted by molar-refractivity contribution is 5.43. The minimum absolute atomic E-state index is 0.637. The molecule has 0 aromatic heterocycles. The van der Waals surface area contributed by atoms with Crippen LogP contribution in [0.1, 0.15) is 231 Å². The van der Waals surface area contributed by atoms with Gasteiger partial charge in [0.05, 0.1) is 0 Å². The SMILES string of the molecule is C1=C\C=C/C=C2/CCCCCCCCCCN/C2=C(C2CCCCCC(C3CCCCCCCCCCC4CCCCCCCCCNC43)CCCC2)/C=C\C=C/1. The minimum Gasteiger partial charge on any atom is -0.385 e. The third-order valence-electron chi connectivity index (χ3n) is 15.0. The smallest absolute Gasteiger partial charge is 0.0408 e. The van der Waals surface area contributed by atoms with Crippen molar-refractivity contribution in [2.45, 2.75) is 237 Å². The van der Waals surface area contributed by atoms with Crippen LogP contribution in [-0.4, -0.2) is 19.1 Å². The highest BCUT2D eigenvalue weighted by Gasteiger charge is 2.34. The summed E-state index contributed by atoms with van der Waals surface area (Å²) in [6.45, 7) is 2.37. The molecule has 2 heterocycles. The zero-order chi connectivity index (χ0) is 39.3. The van der Waals surface area contributed by atoms with Gasteiger partial charge in [0.25, 0.3) is 0 Å². The molecule has 2 saturated carbocycles. The van der Waals surface area contributed by atoms with Gasteiger partial charge in [-0.15, -0.1) is 0 Å². The van der Waals surface area contributed by atoms with Gasteiger partial charge in [0.1, 0.15) is 0 Å². The Morgan fingerprint density at radius 3 is 1.46 bits per heavy atom. The Morgan fingerprint density at radius 1 is 0.368 bits per heavy atom. The van der Waals surface area contributed by atoms with E-state index in [4.69, 9.17) is 0 Å². The van der Waals surface area contributed by atoms with Crippen LogP contribution in [0.15, 0.2) is 71.5 Å². The van der Waals surface area contributed by atoms with Gasteiger partial charge in [-0.1, -0.05) is 228 Å². The van der Waals surface area contributed by atoms with Crippen molar-refractivity contribution in [3.05, 3.63) is 71.5 Å². The molecule has 0 aromatic rings. The Balaban J connectivity index is 1.37. The Labute approximate surface area is 354 Å². The molecule has 0 bridgehead atoms. The van der Waals surface area contributed by atoms with Crippen LogP contribution in [0, 0.1) is 23.7 Å². The highest BCUT2D eigenvalue weighted by atomic mass is 14.9. The molecule has 2 nitrogen and oxygen atoms in total. The lowest BCUT2D eigenvalue weighted by Gasteiger charge is -2.40. The summed E-state index contributed by atoms with van der Waals surface area (Å²) in [5.74, 6) is 3.31. The molecule has 57 heavy (non-hydrogen) atoms. The van der Waals surface area contributed by atoms with Gasteiger partial charge < -0.3 is 10.6 Å². The number of rotatable bonds is 2. The van der Waals surface area contributed by atoms with Crippen molar-refractivity contribution in [3.8, 4) is 0 Å². The monoisotopic (exact) mass is 781 g/mol. The van der Waals surface area contributed by atoms with E-state index in [1.807, 2.05) is 0 Å². The molecule has 0 aromatic carbocycles. The van der Waals surface area contributed by atoms with Crippen molar-refractivity contribution >= 4 is 0 Å². The van der Waals surface area contributed by atoms with Gasteiger partial charge in [0.15, 0.2) is 0 Å². The van der Waals surface area contributed by atoms with Crippen LogP contribution >= 0.6 is 0 Å². The molecular formula is C55H92N2. The van der Waals surface area contributed by atoms with E-state index in [1.165, 1.54) is 243 Å². The molecular weight excluding hydrogens is 689 g/mol. The van der Waals surface area contributed by atoms with Crippen LogP contribution < -0.4 is 10.6 Å². The number of allylic oxidation sites excluding steroid dienone is 11. The maximum atomic E-state index is 4.42. The standard InChI is InChI=1S/C55H92N2/c1-2-11-19-30-44-52(55-51(40-24-15-7-1)43-27-18-10-6-14-22-35-47-57-55)48-36-28-23-29-37-49(39-33-32-38-48)53-45-31-20-12-5-9-17-26-42-50-41-25-16-8-3-4-13-21-34-46-56-54(50)53/h5,9,12,17,20,26,31,42,45,48-49,51-52,55-57H,1-4,6-8,10-11,13-16,18-19,21-25,27-30,32-41,43-44,46-47H2/b9-5-,12-5?,17-9?,20-12-,26-17-,31-20?,42-26?,45-31-,50-42-,53-45?,54-50?,54-53-. The first-order valence-electron chi connectivity index (χ1n) is 26.0. The first-order valence-corrected chi connectivity index (χ1v) is 26.0. The van der Waals surface area contributed by atoms with Gasteiger partial charge in [-0.25, -0.2) is 0 Å². The Morgan fingerprint density at radius 2 is 0.807 bits per heavy atom. The molecule has 0 spiro atoms. The Hall–Kier alpha value is -1.80. The van der Waals surface area contributed by atoms with Crippen LogP contribution in [-0.2, 0) is 0 Å². The highest BCUT2D eigenvalue weighted by Crippen LogP contribution is 2.40. The van der Waals surface area contributed by atoms with Crippen molar-refractivity contribution < 1.29 is 0 Å². The van der Waals surface area contributed by atoms with E-state index in [0.29, 0.717) is 5.92 Å². The summed E-state index contributed by atoms with van der Waals surface area (Å²) < 4.78 is 0. The summed E-state index contributed by atoms with van der Waals surface area (Å²) >= 11 is 0. The maximum absolute atomic E-state index is 4.42. The van der Waals surface area contributed by atoms with Crippen LogP contribution in [0.3, 0.4) is 0 Å². The molecule has 5 rings (SSSR count). The van der Waals surface area contributed by atoms with Crippen molar-refractivity contribution in [2.24, 2.45) is 23.7 Å². The van der Waals surface area contributed by atoms with Gasteiger partial charge in [0.2, 0.25) is 0 Å². The summed E-state index contributed by atoms with van der Waals surface area (Å²) in [5, 5.41) is 8.57. The molecule has 5 aliphatic rings. The normalized spacial score (nSPS) is 35.0. The summed E-state index contributed by atoms with van der Waals surface area (Å²) in [5.41, 5.74) is 4.66. The molecule has 5 atom stereocenters. The van der Waals surface area contributed by atoms with E-state index in [1.54, 1.807) is 11.1 Å². The van der Waals surface area contributed by atoms with Crippen molar-refractivity contribution in [1.82, 2.24) is 10.6 Å². The molecule has 0 radical (unpaired) electrons. The zero-order valence-corrected chi connectivity index (χ0v) is 37.5. The lowest BCUT2D eigenvalue weighted by molar-refractivity contribution is 0.141. The average molecular weight is 781 g/mol. The third-order valence-corrected chi connectivity index (χ3v) is 15.0. The molecule has 2 aliphatic heterocycles. The fourth-order valence-corrected chi connectivity index (χ4v) is 11.7. The van der Waals surface area contributed by atoms with E-state index in [9.17, 15) is 0 Å². The first kappa shape index (κ1) is 46.3. The Bertz CT molecular complexity index is 1210. The van der Waals surface area contributed by atoms with E-state index in [0.717, 1.165) is 30.3 Å². The van der Waals surface area contributed by atoms with Gasteiger partial charge in [0, 0.05) is 18.3 Å². The lowest BCUT2D eigenvalue weighted by atomic mass is 9.71. The molecule has 3 aliphatic carbocycles. The third kappa shape index (κ3) is 18.6. The molecule has 322 valence electrons. The molecule has 4 fully saturated rings. The van der Waals surface area contributed by atoms with Gasteiger partial charge >= 0.3 is 0 Å². The van der Waals surface area contributed by atoms with Crippen molar-refractivity contribution in [3.63, 3.8) is 0 Å². The average Bonchev–Trinajstić information content (AvgIpc) is 3.23. The van der Waals surface area contributed by atoms with Crippen LogP contribution in [0.2, 0.25) is 0 Å². The second-order valence-corrected chi connectivity index (χ2v) is 19.5. The second-order valence-electron chi connectivity index (χ2n) is 19.5. The summed E-state index contributed by atoms with van der Waals surface area (Å²) in [6, 6.07) is 0.750. The van der Waals surface area contributed by atoms with Gasteiger partial charge in [-0.05, 0) is 99.1 Å². The fraction of sp³-hybridized carbons (Fsp3) is 0.782. The van der Waals surface area contributed by atoms with Crippen LogP contribution in [0.5, 0.6) is 0 Å². The van der Waals surface area contributed by atoms with Gasteiger partial charge in [-0.3, -0.25) is 0 Å². The number of hydrogen-bond acceptors (Lipinski definition) is 2. The maximum Gasteiger partial charge on any atom is 0.0408 e. The number of nitrogens with one attached hydrogen (secondary N) is 2. The Kier molecular flexibility index (Phi) is 24.6. The minimum atomic E-state index is 0.637. The summed E-state index contributed by atoms with van der Waals surface area (Å²) in [6.07, 6.45) is 72.0. The number of hydrogen-bond donors (Lipinski definition) is 2. The van der Waals surface area contributed by atoms with Crippen molar-refractivity contribution in [2.75, 3.05) is 13.1 Å². The second kappa shape index (κ2) is 30.3. The molecule has 2 heteroatoms. The van der Waals surface area contributed by atoms with Gasteiger partial charge in [-0.2, -0.15) is 0 Å². The quantitative estimate of drug-likeness (QED) is 0.292. The molecule has 2 N–H and O–H groups in total. The predicted octanol–water partition coefficient (Wildman–Crippen LogP) is 16.5. The van der Waals surface area contributed by atoms with Crippen LogP contribution in [0.25, 0.3) is 0 Å². The van der Waals surface area contributed by atoms with E-state index >= 15 is 0 Å². The zero-order valence-electron chi connectivity index (χ0n) is 37.5. The summed E-state index contributed by atoms with van der Waals surface area (Å²) in [7, 11) is 0. The molecule has 2 saturated heterocycles. The van der Waals surface area contributed by atoms with E-state index in [-0.39, 0.29) is 0 Å². The van der Waals surface area contributed by atoms with E-state index < -0.39 is 0 Å². The van der Waals surface area contributed by atoms with Crippen LogP contribution in [0.4, 0.5) is 0 Å². The fourth-order valence-electron chi connectivity index (χ4n) is 11.7. The largest absolute Gasteiger partial charge is 0.385 e. The topological polar surface area (TPSA) is 24.1 Å². The molecule has 0 amide bonds. The first-order chi connectivity index (χ1) is 28.4. The summed E-state index contributed by atoms with van der Waals surface area (Å²) in [4.78, 5) is 0. The predicted molar refractivity (Wildman–Crippen MR) is 252 cm³/mol. The van der Waals surface area contributed by atoms with Crippen molar-refractivity contribution in [1.29, 1.82) is 0 Å². The molecule has 5 unspecified atom stereocenters. The lowest BCUT2D eigenvalue weighted by Crippen LogP contribution is -2.46. The van der Waals surface area contributed by atoms with E-state index in [2.05, 4.69) is 65.3 Å².